The van der Waals surface area contributed by atoms with E-state index in [1.807, 2.05) is 20.8 Å². The summed E-state index contributed by atoms with van der Waals surface area (Å²) >= 11 is 0. The van der Waals surface area contributed by atoms with Gasteiger partial charge in [-0.2, -0.15) is 0 Å². The van der Waals surface area contributed by atoms with Gasteiger partial charge in [0.15, 0.2) is 0 Å². The Morgan fingerprint density at radius 1 is 1.29 bits per heavy atom. The maximum absolute atomic E-state index is 8.26. The molecule has 0 aromatic rings. The van der Waals surface area contributed by atoms with Crippen LogP contribution in [0.25, 0.3) is 0 Å². The van der Waals surface area contributed by atoms with Gasteiger partial charge in [0.05, 0.1) is 0 Å². The minimum absolute atomic E-state index is 0.208. The Bertz CT molecular complexity index is 45.3. The standard InChI is InChI=1S/C5H13NO/c1-4(2)5(3)6-7/h4-7H,1-3H3/t5-/m1/s1. The molecule has 0 aliphatic heterocycles. The van der Waals surface area contributed by atoms with Gasteiger partial charge in [-0.25, -0.2) is 5.48 Å². The van der Waals surface area contributed by atoms with Crippen LogP contribution in [0.1, 0.15) is 20.8 Å². The number of rotatable bonds is 2. The lowest BCUT2D eigenvalue weighted by atomic mass is 10.1. The lowest BCUT2D eigenvalue weighted by molar-refractivity contribution is 0.113. The molecule has 0 saturated carbocycles. The smallest absolute Gasteiger partial charge is 0.0314 e. The van der Waals surface area contributed by atoms with Crippen molar-refractivity contribution in [3.05, 3.63) is 0 Å². The minimum atomic E-state index is 0.208. The maximum Gasteiger partial charge on any atom is 0.0314 e. The number of hydroxylamine groups is 1. The molecule has 2 heteroatoms. The van der Waals surface area contributed by atoms with E-state index in [1.54, 1.807) is 0 Å². The Morgan fingerprint density at radius 2 is 1.71 bits per heavy atom. The Hall–Kier alpha value is -0.0800. The molecule has 0 saturated heterocycles. The fraction of sp³-hybridized carbons (Fsp3) is 1.00. The molecule has 2 N–H and O–H groups in total. The molecule has 7 heavy (non-hydrogen) atoms. The SMILES string of the molecule is CC(C)[C@@H](C)NO. The molecule has 0 bridgehead atoms. The summed E-state index contributed by atoms with van der Waals surface area (Å²) in [6.45, 7) is 6.03. The van der Waals surface area contributed by atoms with E-state index in [4.69, 9.17) is 5.21 Å². The highest BCUT2D eigenvalue weighted by atomic mass is 16.5. The summed E-state index contributed by atoms with van der Waals surface area (Å²) in [4.78, 5) is 0. The molecule has 0 fully saturated rings. The van der Waals surface area contributed by atoms with Gasteiger partial charge in [-0.3, -0.25) is 0 Å². The summed E-state index contributed by atoms with van der Waals surface area (Å²) in [5.74, 6) is 0.505. The van der Waals surface area contributed by atoms with Crippen molar-refractivity contribution in [1.29, 1.82) is 0 Å². The van der Waals surface area contributed by atoms with Gasteiger partial charge >= 0.3 is 0 Å². The van der Waals surface area contributed by atoms with E-state index in [2.05, 4.69) is 5.48 Å². The van der Waals surface area contributed by atoms with Crippen LogP contribution in [-0.4, -0.2) is 11.2 Å². The van der Waals surface area contributed by atoms with E-state index < -0.39 is 0 Å². The zero-order valence-electron chi connectivity index (χ0n) is 5.10. The van der Waals surface area contributed by atoms with Crippen LogP contribution in [0.5, 0.6) is 0 Å². The third-order valence-corrected chi connectivity index (χ3v) is 1.20. The second-order valence-electron chi connectivity index (χ2n) is 2.16. The normalized spacial score (nSPS) is 15.0. The molecule has 44 valence electrons. The van der Waals surface area contributed by atoms with Gasteiger partial charge in [-0.05, 0) is 12.8 Å². The van der Waals surface area contributed by atoms with Crippen LogP contribution in [0.3, 0.4) is 0 Å². The molecule has 0 aliphatic rings. The molecule has 0 aliphatic carbocycles. The Balaban J connectivity index is 3.14. The van der Waals surface area contributed by atoms with Gasteiger partial charge in [-0.15, -0.1) is 0 Å². The van der Waals surface area contributed by atoms with Gasteiger partial charge in [0, 0.05) is 6.04 Å². The second-order valence-corrected chi connectivity index (χ2v) is 2.16. The van der Waals surface area contributed by atoms with Crippen LogP contribution < -0.4 is 5.48 Å². The van der Waals surface area contributed by atoms with E-state index in [1.165, 1.54) is 0 Å². The van der Waals surface area contributed by atoms with Gasteiger partial charge in [0.25, 0.3) is 0 Å². The molecule has 0 aromatic heterocycles. The zero-order chi connectivity index (χ0) is 5.86. The first-order valence-electron chi connectivity index (χ1n) is 2.58. The molecule has 0 radical (unpaired) electrons. The third-order valence-electron chi connectivity index (χ3n) is 1.20. The van der Waals surface area contributed by atoms with E-state index >= 15 is 0 Å². The Morgan fingerprint density at radius 3 is 1.71 bits per heavy atom. The highest BCUT2D eigenvalue weighted by Gasteiger charge is 2.01. The van der Waals surface area contributed by atoms with Crippen LogP contribution in [0.15, 0.2) is 0 Å². The number of hydrogen-bond acceptors (Lipinski definition) is 2. The van der Waals surface area contributed by atoms with Crippen molar-refractivity contribution in [2.24, 2.45) is 5.92 Å². The molecule has 0 unspecified atom stereocenters. The molecule has 1 atom stereocenters. The van der Waals surface area contributed by atoms with E-state index in [9.17, 15) is 0 Å². The zero-order valence-corrected chi connectivity index (χ0v) is 5.10. The van der Waals surface area contributed by atoms with Crippen molar-refractivity contribution >= 4 is 0 Å². The van der Waals surface area contributed by atoms with Crippen molar-refractivity contribution < 1.29 is 5.21 Å². The fourth-order valence-corrected chi connectivity index (χ4v) is 0.149. The molecule has 2 nitrogen and oxygen atoms in total. The van der Waals surface area contributed by atoms with Gasteiger partial charge < -0.3 is 5.21 Å². The molecule has 0 spiro atoms. The van der Waals surface area contributed by atoms with Gasteiger partial charge in [0.1, 0.15) is 0 Å². The molecular weight excluding hydrogens is 90.1 g/mol. The first kappa shape index (κ1) is 6.92. The number of nitrogens with one attached hydrogen (secondary N) is 1. The summed E-state index contributed by atoms with van der Waals surface area (Å²) in [6.07, 6.45) is 0. The summed E-state index contributed by atoms with van der Waals surface area (Å²) in [6, 6.07) is 0.208. The molecule has 0 aromatic carbocycles. The van der Waals surface area contributed by atoms with Gasteiger partial charge in [-0.1, -0.05) is 13.8 Å². The topological polar surface area (TPSA) is 32.3 Å². The largest absolute Gasteiger partial charge is 0.317 e. The molecule has 0 rings (SSSR count). The molecule has 0 heterocycles. The second kappa shape index (κ2) is 2.99. The lowest BCUT2D eigenvalue weighted by Gasteiger charge is -2.11. The van der Waals surface area contributed by atoms with Crippen molar-refractivity contribution in [3.8, 4) is 0 Å². The summed E-state index contributed by atoms with van der Waals surface area (Å²) < 4.78 is 0. The van der Waals surface area contributed by atoms with Crippen LogP contribution in [0.4, 0.5) is 0 Å². The van der Waals surface area contributed by atoms with Crippen LogP contribution >= 0.6 is 0 Å². The average Bonchev–Trinajstić information content (AvgIpc) is 1.65. The van der Waals surface area contributed by atoms with E-state index in [0.29, 0.717) is 5.92 Å². The monoisotopic (exact) mass is 103 g/mol. The summed E-state index contributed by atoms with van der Waals surface area (Å²) in [5.41, 5.74) is 2.16. The molecule has 0 amide bonds. The van der Waals surface area contributed by atoms with Crippen molar-refractivity contribution in [2.75, 3.05) is 0 Å². The first-order valence-corrected chi connectivity index (χ1v) is 2.58. The summed E-state index contributed by atoms with van der Waals surface area (Å²) in [7, 11) is 0. The summed E-state index contributed by atoms with van der Waals surface area (Å²) in [5, 5.41) is 8.26. The van der Waals surface area contributed by atoms with Crippen molar-refractivity contribution in [3.63, 3.8) is 0 Å². The Labute approximate surface area is 44.5 Å². The minimum Gasteiger partial charge on any atom is -0.317 e. The highest BCUT2D eigenvalue weighted by molar-refractivity contribution is 4.56. The predicted octanol–water partition coefficient (Wildman–Crippen LogP) is 1.01. The fourth-order valence-electron chi connectivity index (χ4n) is 0.149. The van der Waals surface area contributed by atoms with Crippen LogP contribution in [0.2, 0.25) is 0 Å². The lowest BCUT2D eigenvalue weighted by Crippen LogP contribution is -2.27. The third kappa shape index (κ3) is 2.60. The van der Waals surface area contributed by atoms with Crippen LogP contribution in [-0.2, 0) is 0 Å². The number of hydrogen-bond donors (Lipinski definition) is 2. The van der Waals surface area contributed by atoms with Gasteiger partial charge in [0.2, 0.25) is 0 Å². The van der Waals surface area contributed by atoms with E-state index in [-0.39, 0.29) is 6.04 Å². The quantitative estimate of drug-likeness (QED) is 0.511. The maximum atomic E-state index is 8.26. The highest BCUT2D eigenvalue weighted by Crippen LogP contribution is 1.96. The first-order chi connectivity index (χ1) is 3.18. The predicted molar refractivity (Wildman–Crippen MR) is 29.2 cm³/mol. The van der Waals surface area contributed by atoms with Crippen molar-refractivity contribution in [2.45, 2.75) is 26.8 Å². The van der Waals surface area contributed by atoms with E-state index in [0.717, 1.165) is 0 Å². The van der Waals surface area contributed by atoms with Crippen molar-refractivity contribution in [1.82, 2.24) is 5.48 Å². The molecular formula is C5H13NO. The Kier molecular flexibility index (Phi) is 2.96. The van der Waals surface area contributed by atoms with Crippen LogP contribution in [0, 0.1) is 5.92 Å². The average molecular weight is 103 g/mol.